The molecule has 0 spiro atoms. The van der Waals surface area contributed by atoms with Gasteiger partial charge in [-0.2, -0.15) is 0 Å². The van der Waals surface area contributed by atoms with Gasteiger partial charge in [0.25, 0.3) is 5.91 Å². The van der Waals surface area contributed by atoms with Gasteiger partial charge in [-0.15, -0.1) is 0 Å². The SMILES string of the molecule is COc1ccc(OC)c(NC(=O)C(C)OC(=O)C2=Cc3cc(Cl)ccc3OC2)c1. The van der Waals surface area contributed by atoms with E-state index >= 15 is 0 Å². The summed E-state index contributed by atoms with van der Waals surface area (Å²) in [5, 5.41) is 3.20. The minimum Gasteiger partial charge on any atom is -0.497 e. The Morgan fingerprint density at radius 1 is 1.14 bits per heavy atom. The molecule has 1 aliphatic heterocycles. The van der Waals surface area contributed by atoms with Crippen LogP contribution in [0.1, 0.15) is 12.5 Å². The van der Waals surface area contributed by atoms with E-state index in [4.69, 9.17) is 30.5 Å². The molecular weight excluding hydrogens is 398 g/mol. The molecule has 0 aliphatic carbocycles. The lowest BCUT2D eigenvalue weighted by atomic mass is 10.1. The highest BCUT2D eigenvalue weighted by atomic mass is 35.5. The number of fused-ring (bicyclic) bond motifs is 1. The molecule has 1 N–H and O–H groups in total. The predicted octanol–water partition coefficient (Wildman–Crippen LogP) is 3.70. The van der Waals surface area contributed by atoms with Gasteiger partial charge >= 0.3 is 5.97 Å². The van der Waals surface area contributed by atoms with Crippen LogP contribution in [0.3, 0.4) is 0 Å². The maximum Gasteiger partial charge on any atom is 0.338 e. The molecule has 0 bridgehead atoms. The molecular formula is C21H20ClNO6. The predicted molar refractivity (Wildman–Crippen MR) is 109 cm³/mol. The van der Waals surface area contributed by atoms with Crippen molar-refractivity contribution in [3.05, 3.63) is 52.6 Å². The van der Waals surface area contributed by atoms with Crippen LogP contribution in [0.15, 0.2) is 42.0 Å². The Morgan fingerprint density at radius 3 is 2.66 bits per heavy atom. The first kappa shape index (κ1) is 20.5. The topological polar surface area (TPSA) is 83.1 Å². The number of esters is 1. The summed E-state index contributed by atoms with van der Waals surface area (Å²) in [5.74, 6) is 0.477. The van der Waals surface area contributed by atoms with Crippen molar-refractivity contribution in [1.82, 2.24) is 0 Å². The van der Waals surface area contributed by atoms with Crippen molar-refractivity contribution in [3.8, 4) is 17.2 Å². The Balaban J connectivity index is 1.68. The van der Waals surface area contributed by atoms with Gasteiger partial charge in [0.15, 0.2) is 6.10 Å². The first-order chi connectivity index (χ1) is 13.9. The molecule has 3 rings (SSSR count). The normalized spacial score (nSPS) is 13.3. The fourth-order valence-electron chi connectivity index (χ4n) is 2.70. The summed E-state index contributed by atoms with van der Waals surface area (Å²) in [5.41, 5.74) is 1.37. The molecule has 1 unspecified atom stereocenters. The number of nitrogens with one attached hydrogen (secondary N) is 1. The molecule has 0 saturated heterocycles. The number of methoxy groups -OCH3 is 2. The molecule has 0 aromatic heterocycles. The average molecular weight is 418 g/mol. The number of rotatable bonds is 6. The summed E-state index contributed by atoms with van der Waals surface area (Å²) in [6.07, 6.45) is 0.600. The maximum atomic E-state index is 12.5. The Labute approximate surface area is 173 Å². The van der Waals surface area contributed by atoms with Gasteiger partial charge in [0.05, 0.1) is 25.5 Å². The molecule has 0 saturated carbocycles. The van der Waals surface area contributed by atoms with Crippen LogP contribution in [0.5, 0.6) is 17.2 Å². The van der Waals surface area contributed by atoms with Crippen molar-refractivity contribution in [3.63, 3.8) is 0 Å². The summed E-state index contributed by atoms with van der Waals surface area (Å²) in [4.78, 5) is 24.9. The van der Waals surface area contributed by atoms with Gasteiger partial charge in [0.2, 0.25) is 0 Å². The molecule has 1 amide bonds. The van der Waals surface area contributed by atoms with E-state index in [2.05, 4.69) is 5.32 Å². The number of carbonyl (C=O) groups is 2. The van der Waals surface area contributed by atoms with Crippen LogP contribution in [-0.4, -0.2) is 38.8 Å². The van der Waals surface area contributed by atoms with Gasteiger partial charge in [-0.1, -0.05) is 11.6 Å². The van der Waals surface area contributed by atoms with E-state index in [1.807, 2.05) is 0 Å². The minimum atomic E-state index is -1.04. The van der Waals surface area contributed by atoms with Gasteiger partial charge in [-0.25, -0.2) is 4.79 Å². The lowest BCUT2D eigenvalue weighted by Crippen LogP contribution is -2.31. The van der Waals surface area contributed by atoms with E-state index in [0.717, 1.165) is 0 Å². The number of hydrogen-bond donors (Lipinski definition) is 1. The van der Waals surface area contributed by atoms with Gasteiger partial charge in [0, 0.05) is 16.7 Å². The van der Waals surface area contributed by atoms with Crippen LogP contribution in [0.4, 0.5) is 5.69 Å². The van der Waals surface area contributed by atoms with Gasteiger partial charge in [-0.3, -0.25) is 4.79 Å². The Kier molecular flexibility index (Phi) is 6.29. The summed E-state index contributed by atoms with van der Waals surface area (Å²) >= 11 is 5.98. The third kappa shape index (κ3) is 4.81. The van der Waals surface area contributed by atoms with Crippen LogP contribution in [-0.2, 0) is 14.3 Å². The molecule has 2 aromatic carbocycles. The summed E-state index contributed by atoms with van der Waals surface area (Å²) in [6.45, 7) is 1.53. The van der Waals surface area contributed by atoms with Crippen LogP contribution >= 0.6 is 11.6 Å². The third-order valence-electron chi connectivity index (χ3n) is 4.26. The first-order valence-corrected chi connectivity index (χ1v) is 9.16. The lowest BCUT2D eigenvalue weighted by molar-refractivity contribution is -0.149. The molecule has 7 nitrogen and oxygen atoms in total. The van der Waals surface area contributed by atoms with Crippen molar-refractivity contribution in [2.75, 3.05) is 26.1 Å². The van der Waals surface area contributed by atoms with E-state index in [1.54, 1.807) is 42.5 Å². The van der Waals surface area contributed by atoms with Crippen molar-refractivity contribution >= 4 is 35.2 Å². The molecule has 1 heterocycles. The highest BCUT2D eigenvalue weighted by molar-refractivity contribution is 6.30. The lowest BCUT2D eigenvalue weighted by Gasteiger charge is -2.19. The van der Waals surface area contributed by atoms with Crippen LogP contribution in [0, 0.1) is 0 Å². The van der Waals surface area contributed by atoms with Crippen molar-refractivity contribution < 1.29 is 28.5 Å². The molecule has 1 atom stereocenters. The Hall–Kier alpha value is -3.19. The number of halogens is 1. The molecule has 0 fully saturated rings. The van der Waals surface area contributed by atoms with E-state index in [1.165, 1.54) is 21.1 Å². The van der Waals surface area contributed by atoms with Crippen LogP contribution in [0.2, 0.25) is 5.02 Å². The van der Waals surface area contributed by atoms with Crippen molar-refractivity contribution in [2.24, 2.45) is 0 Å². The maximum absolute atomic E-state index is 12.5. The van der Waals surface area contributed by atoms with Gasteiger partial charge in [0.1, 0.15) is 23.9 Å². The van der Waals surface area contributed by atoms with Crippen LogP contribution in [0.25, 0.3) is 6.08 Å². The monoisotopic (exact) mass is 417 g/mol. The fraction of sp³-hybridized carbons (Fsp3) is 0.238. The summed E-state index contributed by atoms with van der Waals surface area (Å²) < 4.78 is 21.2. The zero-order chi connectivity index (χ0) is 21.0. The minimum absolute atomic E-state index is 0.0471. The first-order valence-electron chi connectivity index (χ1n) is 8.78. The smallest absolute Gasteiger partial charge is 0.338 e. The fourth-order valence-corrected chi connectivity index (χ4v) is 2.88. The highest BCUT2D eigenvalue weighted by Gasteiger charge is 2.24. The molecule has 29 heavy (non-hydrogen) atoms. The second kappa shape index (κ2) is 8.87. The molecule has 8 heteroatoms. The number of hydrogen-bond acceptors (Lipinski definition) is 6. The zero-order valence-corrected chi connectivity index (χ0v) is 16.9. The van der Waals surface area contributed by atoms with Gasteiger partial charge < -0.3 is 24.3 Å². The van der Waals surface area contributed by atoms with Gasteiger partial charge in [-0.05, 0) is 43.3 Å². The number of benzene rings is 2. The standard InChI is InChI=1S/C21H20ClNO6/c1-12(20(24)23-17-10-16(26-2)5-7-19(17)27-3)29-21(25)14-8-13-9-15(22)4-6-18(13)28-11-14/h4-10,12H,11H2,1-3H3,(H,23,24). The van der Waals surface area contributed by atoms with E-state index in [-0.39, 0.29) is 6.61 Å². The molecule has 152 valence electrons. The summed E-state index contributed by atoms with van der Waals surface area (Å²) in [6, 6.07) is 10.1. The van der Waals surface area contributed by atoms with E-state index < -0.39 is 18.0 Å². The number of amides is 1. The molecule has 1 aliphatic rings. The highest BCUT2D eigenvalue weighted by Crippen LogP contribution is 2.30. The number of anilines is 1. The number of ether oxygens (including phenoxy) is 4. The Bertz CT molecular complexity index is 972. The second-order valence-corrected chi connectivity index (χ2v) is 6.68. The van der Waals surface area contributed by atoms with Crippen molar-refractivity contribution in [1.29, 1.82) is 0 Å². The van der Waals surface area contributed by atoms with E-state index in [0.29, 0.717) is 39.1 Å². The zero-order valence-electron chi connectivity index (χ0n) is 16.2. The Morgan fingerprint density at radius 2 is 1.93 bits per heavy atom. The number of carbonyl (C=O) groups excluding carboxylic acids is 2. The second-order valence-electron chi connectivity index (χ2n) is 6.24. The van der Waals surface area contributed by atoms with Crippen LogP contribution < -0.4 is 19.5 Å². The largest absolute Gasteiger partial charge is 0.497 e. The van der Waals surface area contributed by atoms with Crippen molar-refractivity contribution in [2.45, 2.75) is 13.0 Å². The summed E-state index contributed by atoms with van der Waals surface area (Å²) in [7, 11) is 3.00. The molecule has 0 radical (unpaired) electrons. The average Bonchev–Trinajstić information content (AvgIpc) is 2.72. The third-order valence-corrected chi connectivity index (χ3v) is 4.50. The molecule has 2 aromatic rings. The van der Waals surface area contributed by atoms with E-state index in [9.17, 15) is 9.59 Å². The quantitative estimate of drug-likeness (QED) is 0.721.